The smallest absolute Gasteiger partial charge is 0.256 e. The summed E-state index contributed by atoms with van der Waals surface area (Å²) in [6.07, 6.45) is 0.759. The maximum Gasteiger partial charge on any atom is 0.256 e. The first-order chi connectivity index (χ1) is 18.3. The molecule has 1 amide bonds. The van der Waals surface area contributed by atoms with Crippen LogP contribution in [0, 0.1) is 5.82 Å². The van der Waals surface area contributed by atoms with Crippen molar-refractivity contribution in [2.45, 2.75) is 37.3 Å². The fourth-order valence-corrected chi connectivity index (χ4v) is 5.48. The molecule has 1 aliphatic carbocycles. The number of rotatable bonds is 5. The van der Waals surface area contributed by atoms with Gasteiger partial charge >= 0.3 is 0 Å². The van der Waals surface area contributed by atoms with E-state index in [4.69, 9.17) is 16.6 Å². The van der Waals surface area contributed by atoms with Crippen molar-refractivity contribution in [3.05, 3.63) is 122 Å². The van der Waals surface area contributed by atoms with Crippen LogP contribution in [0.5, 0.6) is 0 Å². The van der Waals surface area contributed by atoms with Crippen molar-refractivity contribution in [3.8, 4) is 11.1 Å². The zero-order valence-corrected chi connectivity index (χ0v) is 21.2. The molecule has 2 N–H and O–H groups in total. The molecule has 38 heavy (non-hydrogen) atoms. The highest BCUT2D eigenvalue weighted by Crippen LogP contribution is 2.52. The third kappa shape index (κ3) is 4.42. The third-order valence-electron chi connectivity index (χ3n) is 7.56. The van der Waals surface area contributed by atoms with E-state index in [1.54, 1.807) is 36.4 Å². The van der Waals surface area contributed by atoms with Crippen molar-refractivity contribution < 1.29 is 14.3 Å². The first-order valence-electron chi connectivity index (χ1n) is 12.6. The Hall–Kier alpha value is -3.81. The number of halogens is 2. The molecule has 1 saturated carbocycles. The first-order valence-corrected chi connectivity index (χ1v) is 12.9. The molecule has 1 aromatic heterocycles. The van der Waals surface area contributed by atoms with Gasteiger partial charge in [-0.2, -0.15) is 0 Å². The van der Waals surface area contributed by atoms with Crippen LogP contribution >= 0.6 is 11.6 Å². The predicted molar refractivity (Wildman–Crippen MR) is 142 cm³/mol. The Balaban J connectivity index is 1.23. The van der Waals surface area contributed by atoms with Crippen LogP contribution in [-0.4, -0.2) is 32.4 Å². The molecule has 0 saturated heterocycles. The molecular weight excluding hydrogens is 505 g/mol. The van der Waals surface area contributed by atoms with Crippen LogP contribution in [0.1, 0.15) is 47.2 Å². The number of hydrogen-bond acceptors (Lipinski definition) is 4. The number of aromatic amines is 1. The lowest BCUT2D eigenvalue weighted by Gasteiger charge is -2.30. The van der Waals surface area contributed by atoms with Gasteiger partial charge in [0, 0.05) is 18.0 Å². The molecule has 3 aromatic carbocycles. The van der Waals surface area contributed by atoms with Crippen molar-refractivity contribution >= 4 is 17.5 Å². The van der Waals surface area contributed by atoms with Gasteiger partial charge in [-0.05, 0) is 65.4 Å². The summed E-state index contributed by atoms with van der Waals surface area (Å²) in [4.78, 5) is 35.7. The Labute approximate surface area is 223 Å². The molecule has 6 nitrogen and oxygen atoms in total. The molecule has 1 unspecified atom stereocenters. The second-order valence-electron chi connectivity index (χ2n) is 9.98. The van der Waals surface area contributed by atoms with Gasteiger partial charge in [0.25, 0.3) is 11.5 Å². The van der Waals surface area contributed by atoms with Crippen molar-refractivity contribution in [1.29, 1.82) is 0 Å². The minimum absolute atomic E-state index is 0.0710. The molecule has 0 bridgehead atoms. The first kappa shape index (κ1) is 24.5. The zero-order valence-electron chi connectivity index (χ0n) is 20.5. The van der Waals surface area contributed by atoms with Crippen LogP contribution in [-0.2, 0) is 23.2 Å². The summed E-state index contributed by atoms with van der Waals surface area (Å²) in [5, 5.41) is 11.6. The van der Waals surface area contributed by atoms with Crippen LogP contribution in [0.4, 0.5) is 4.39 Å². The predicted octanol–water partition coefficient (Wildman–Crippen LogP) is 4.93. The molecule has 0 spiro atoms. The van der Waals surface area contributed by atoms with Gasteiger partial charge in [-0.15, -0.1) is 0 Å². The molecule has 2 aliphatic rings. The summed E-state index contributed by atoms with van der Waals surface area (Å²) in [7, 11) is 0. The highest BCUT2D eigenvalue weighted by Gasteiger charge is 2.49. The highest BCUT2D eigenvalue weighted by atomic mass is 35.5. The third-order valence-corrected chi connectivity index (χ3v) is 7.79. The summed E-state index contributed by atoms with van der Waals surface area (Å²) in [5.41, 5.74) is 3.30. The number of aliphatic hydroxyl groups excluding tert-OH is 1. The molecule has 2 heterocycles. The van der Waals surface area contributed by atoms with Crippen molar-refractivity contribution in [3.63, 3.8) is 0 Å². The SMILES string of the molecule is O=C(C(O)c1cccc(-c2cccc(F)c2)c1)N1CCc2nc(C3(c4cccc(Cl)c4)CC3)[nH]c(=O)c2C1. The Bertz CT molecular complexity index is 1610. The number of fused-ring (bicyclic) bond motifs is 1. The van der Waals surface area contributed by atoms with Crippen molar-refractivity contribution in [1.82, 2.24) is 14.9 Å². The van der Waals surface area contributed by atoms with E-state index in [0.717, 1.165) is 18.4 Å². The molecule has 1 atom stereocenters. The number of carbonyl (C=O) groups is 1. The number of hydrogen-bond donors (Lipinski definition) is 2. The summed E-state index contributed by atoms with van der Waals surface area (Å²) < 4.78 is 13.7. The summed E-state index contributed by atoms with van der Waals surface area (Å²) in [6, 6.07) is 20.6. The Morgan fingerprint density at radius 1 is 1.05 bits per heavy atom. The van der Waals surface area contributed by atoms with E-state index < -0.39 is 12.0 Å². The van der Waals surface area contributed by atoms with Crippen LogP contribution in [0.2, 0.25) is 5.02 Å². The monoisotopic (exact) mass is 529 g/mol. The van der Waals surface area contributed by atoms with Gasteiger partial charge in [-0.1, -0.05) is 54.1 Å². The van der Waals surface area contributed by atoms with Crippen LogP contribution < -0.4 is 5.56 Å². The molecule has 1 fully saturated rings. The number of carbonyl (C=O) groups excluding carboxylic acids is 1. The van der Waals surface area contributed by atoms with Crippen molar-refractivity contribution in [2.24, 2.45) is 0 Å². The van der Waals surface area contributed by atoms with Gasteiger partial charge in [-0.3, -0.25) is 9.59 Å². The lowest BCUT2D eigenvalue weighted by atomic mass is 9.94. The second kappa shape index (κ2) is 9.49. The van der Waals surface area contributed by atoms with Gasteiger partial charge < -0.3 is 15.0 Å². The van der Waals surface area contributed by atoms with Crippen LogP contribution in [0.25, 0.3) is 11.1 Å². The van der Waals surface area contributed by atoms with E-state index >= 15 is 0 Å². The highest BCUT2D eigenvalue weighted by molar-refractivity contribution is 6.30. The van der Waals surface area contributed by atoms with E-state index in [9.17, 15) is 19.1 Å². The lowest BCUT2D eigenvalue weighted by Crippen LogP contribution is -2.42. The number of nitrogens with one attached hydrogen (secondary N) is 1. The minimum Gasteiger partial charge on any atom is -0.378 e. The topological polar surface area (TPSA) is 86.3 Å². The average molecular weight is 530 g/mol. The summed E-state index contributed by atoms with van der Waals surface area (Å²) in [6.45, 7) is 0.411. The fraction of sp³-hybridized carbons (Fsp3) is 0.233. The molecule has 1 aliphatic heterocycles. The van der Waals surface area contributed by atoms with Crippen molar-refractivity contribution in [2.75, 3.05) is 6.54 Å². The largest absolute Gasteiger partial charge is 0.378 e. The summed E-state index contributed by atoms with van der Waals surface area (Å²) in [5.74, 6) is -0.218. The van der Waals surface area contributed by atoms with E-state index in [1.807, 2.05) is 24.3 Å². The summed E-state index contributed by atoms with van der Waals surface area (Å²) >= 11 is 6.21. The number of aliphatic hydroxyl groups is 1. The van der Waals surface area contributed by atoms with Gasteiger partial charge in [0.2, 0.25) is 0 Å². The maximum atomic E-state index is 13.7. The second-order valence-corrected chi connectivity index (χ2v) is 10.4. The quantitative estimate of drug-likeness (QED) is 0.384. The Morgan fingerprint density at radius 3 is 2.53 bits per heavy atom. The fourth-order valence-electron chi connectivity index (χ4n) is 5.29. The Morgan fingerprint density at radius 2 is 1.79 bits per heavy atom. The van der Waals surface area contributed by atoms with E-state index in [2.05, 4.69) is 4.98 Å². The normalized spacial score (nSPS) is 16.6. The van der Waals surface area contributed by atoms with Crippen LogP contribution in [0.3, 0.4) is 0 Å². The molecular formula is C30H25ClFN3O3. The maximum absolute atomic E-state index is 13.7. The number of amides is 1. The Kier molecular flexibility index (Phi) is 6.13. The van der Waals surface area contributed by atoms with Gasteiger partial charge in [-0.25, -0.2) is 9.37 Å². The molecule has 0 radical (unpaired) electrons. The molecule has 192 valence electrons. The van der Waals surface area contributed by atoms with E-state index in [-0.39, 0.29) is 23.3 Å². The molecule has 4 aromatic rings. The van der Waals surface area contributed by atoms with E-state index in [0.29, 0.717) is 51.8 Å². The lowest BCUT2D eigenvalue weighted by molar-refractivity contribution is -0.141. The zero-order chi connectivity index (χ0) is 26.4. The van der Waals surface area contributed by atoms with Gasteiger partial charge in [0.15, 0.2) is 6.10 Å². The standard InChI is InChI=1S/C30H25ClFN3O3/c31-22-8-3-7-21(16-22)30(11-12-30)29-33-25-10-13-35(17-24(25)27(37)34-29)28(38)26(36)20-6-1-4-18(14-20)19-5-2-9-23(32)15-19/h1-9,14-16,26,36H,10-13,17H2,(H,33,34,37). The molecule has 8 heteroatoms. The molecule has 6 rings (SSSR count). The van der Waals surface area contributed by atoms with Crippen LogP contribution in [0.15, 0.2) is 77.6 Å². The van der Waals surface area contributed by atoms with Gasteiger partial charge in [0.05, 0.1) is 23.2 Å². The number of H-pyrrole nitrogens is 1. The minimum atomic E-state index is -1.41. The van der Waals surface area contributed by atoms with Gasteiger partial charge in [0.1, 0.15) is 11.6 Å². The average Bonchev–Trinajstić information content (AvgIpc) is 3.74. The number of benzene rings is 3. The van der Waals surface area contributed by atoms with E-state index in [1.165, 1.54) is 17.0 Å². The number of aromatic nitrogens is 2. The number of nitrogens with zero attached hydrogens (tertiary/aromatic N) is 2.